The fourth-order valence-electron chi connectivity index (χ4n) is 3.58. The molecule has 1 aliphatic carbocycles. The maximum Gasteiger partial charge on any atom is 0.271 e. The van der Waals surface area contributed by atoms with Crippen LogP contribution in [-0.2, 0) is 0 Å². The summed E-state index contributed by atoms with van der Waals surface area (Å²) in [6.45, 7) is 0. The first-order valence-corrected chi connectivity index (χ1v) is 10.2. The van der Waals surface area contributed by atoms with E-state index in [4.69, 9.17) is 16.2 Å². The van der Waals surface area contributed by atoms with Crippen LogP contribution in [0.25, 0.3) is 0 Å². The largest absolute Gasteiger partial charge is 0.495 e. The fourth-order valence-corrected chi connectivity index (χ4v) is 3.58. The molecule has 2 aromatic rings. The first-order chi connectivity index (χ1) is 14.8. The number of rotatable bonds is 7. The molecular formula is C21H29N7O3. The van der Waals surface area contributed by atoms with Gasteiger partial charge in [-0.3, -0.25) is 9.59 Å². The molecule has 2 atom stereocenters. The third-order valence-corrected chi connectivity index (χ3v) is 5.26. The van der Waals surface area contributed by atoms with E-state index in [0.717, 1.165) is 25.7 Å². The smallest absolute Gasteiger partial charge is 0.271 e. The standard InChI is InChI=1S/C21H29N7O3/c1-28(2)21(30)12-8-9-16(31-3)15(10-12)26-20-18(19(23)29)24-11-17(27-20)25-14-7-5-4-6-13(14)22/h8-11,13-14H,4-7,22H2,1-3H3,(H2,23,29)(H2,25,26,27)/t13-,14+/m0/s1. The van der Waals surface area contributed by atoms with E-state index >= 15 is 0 Å². The normalized spacial score (nSPS) is 18.2. The number of carbonyl (C=O) groups is 2. The van der Waals surface area contributed by atoms with E-state index in [-0.39, 0.29) is 29.5 Å². The predicted molar refractivity (Wildman–Crippen MR) is 119 cm³/mol. The number of nitrogens with one attached hydrogen (secondary N) is 2. The Bertz CT molecular complexity index is 964. The van der Waals surface area contributed by atoms with Gasteiger partial charge in [0.25, 0.3) is 11.8 Å². The third-order valence-electron chi connectivity index (χ3n) is 5.26. The first-order valence-electron chi connectivity index (χ1n) is 10.2. The molecule has 0 saturated heterocycles. The molecule has 0 aliphatic heterocycles. The van der Waals surface area contributed by atoms with Crippen LogP contribution >= 0.6 is 0 Å². The molecule has 0 bridgehead atoms. The van der Waals surface area contributed by atoms with Gasteiger partial charge in [-0.1, -0.05) is 12.8 Å². The molecule has 10 heteroatoms. The number of benzene rings is 1. The maximum absolute atomic E-state index is 12.4. The summed E-state index contributed by atoms with van der Waals surface area (Å²) in [7, 11) is 4.85. The number of nitrogens with zero attached hydrogens (tertiary/aromatic N) is 3. The fraction of sp³-hybridized carbons (Fsp3) is 0.429. The van der Waals surface area contributed by atoms with Crippen LogP contribution in [0.4, 0.5) is 17.3 Å². The zero-order chi connectivity index (χ0) is 22.5. The van der Waals surface area contributed by atoms with Gasteiger partial charge in [0.1, 0.15) is 11.6 Å². The highest BCUT2D eigenvalue weighted by atomic mass is 16.5. The average Bonchev–Trinajstić information content (AvgIpc) is 2.74. The third kappa shape index (κ3) is 5.21. The van der Waals surface area contributed by atoms with Crippen molar-refractivity contribution in [2.45, 2.75) is 37.8 Å². The highest BCUT2D eigenvalue weighted by Crippen LogP contribution is 2.30. The second-order valence-electron chi connectivity index (χ2n) is 7.76. The van der Waals surface area contributed by atoms with Gasteiger partial charge in [-0.25, -0.2) is 9.97 Å². The average molecular weight is 428 g/mol. The topological polar surface area (TPSA) is 148 Å². The lowest BCUT2D eigenvalue weighted by Gasteiger charge is -2.29. The number of hydrogen-bond donors (Lipinski definition) is 4. The number of primary amides is 1. The van der Waals surface area contributed by atoms with Crippen molar-refractivity contribution >= 4 is 29.1 Å². The SMILES string of the molecule is COc1ccc(C(=O)N(C)C)cc1Nc1nc(N[C@@H]2CCCC[C@@H]2N)cnc1C(N)=O. The zero-order valence-corrected chi connectivity index (χ0v) is 18.0. The molecule has 0 spiro atoms. The van der Waals surface area contributed by atoms with Crippen LogP contribution in [-0.4, -0.2) is 60.0 Å². The number of carbonyl (C=O) groups excluding carboxylic acids is 2. The van der Waals surface area contributed by atoms with Crippen molar-refractivity contribution in [1.82, 2.24) is 14.9 Å². The number of hydrogen-bond acceptors (Lipinski definition) is 8. The van der Waals surface area contributed by atoms with Crippen LogP contribution in [0.3, 0.4) is 0 Å². The van der Waals surface area contributed by atoms with E-state index in [1.807, 2.05) is 0 Å². The summed E-state index contributed by atoms with van der Waals surface area (Å²) < 4.78 is 5.39. The van der Waals surface area contributed by atoms with Crippen LogP contribution in [0.2, 0.25) is 0 Å². The summed E-state index contributed by atoms with van der Waals surface area (Å²) >= 11 is 0. The molecule has 6 N–H and O–H groups in total. The number of ether oxygens (including phenoxy) is 1. The van der Waals surface area contributed by atoms with Gasteiger partial charge in [0, 0.05) is 31.7 Å². The van der Waals surface area contributed by atoms with Gasteiger partial charge in [-0.2, -0.15) is 0 Å². The molecule has 0 radical (unpaired) electrons. The minimum absolute atomic E-state index is 0.0233. The van der Waals surface area contributed by atoms with Gasteiger partial charge in [-0.15, -0.1) is 0 Å². The van der Waals surface area contributed by atoms with E-state index in [1.54, 1.807) is 32.3 Å². The van der Waals surface area contributed by atoms with Gasteiger partial charge in [0.2, 0.25) is 0 Å². The summed E-state index contributed by atoms with van der Waals surface area (Å²) in [5.41, 5.74) is 12.6. The van der Waals surface area contributed by atoms with Crippen molar-refractivity contribution in [3.05, 3.63) is 35.7 Å². The molecule has 166 valence electrons. The van der Waals surface area contributed by atoms with Crippen LogP contribution in [0, 0.1) is 0 Å². The predicted octanol–water partition coefficient (Wildman–Crippen LogP) is 1.71. The summed E-state index contributed by atoms with van der Waals surface area (Å²) in [5.74, 6) is 0.216. The second-order valence-corrected chi connectivity index (χ2v) is 7.76. The van der Waals surface area contributed by atoms with Crippen molar-refractivity contribution < 1.29 is 14.3 Å². The number of anilines is 3. The number of nitrogens with two attached hydrogens (primary N) is 2. The zero-order valence-electron chi connectivity index (χ0n) is 18.0. The lowest BCUT2D eigenvalue weighted by atomic mass is 9.91. The monoisotopic (exact) mass is 427 g/mol. The Kier molecular flexibility index (Phi) is 6.91. The van der Waals surface area contributed by atoms with Crippen molar-refractivity contribution in [2.24, 2.45) is 11.5 Å². The molecule has 31 heavy (non-hydrogen) atoms. The molecule has 1 heterocycles. The Hall–Kier alpha value is -3.40. The Balaban J connectivity index is 1.94. The molecule has 3 rings (SSSR count). The second kappa shape index (κ2) is 9.61. The van der Waals surface area contributed by atoms with E-state index in [1.165, 1.54) is 18.2 Å². The number of aromatic nitrogens is 2. The van der Waals surface area contributed by atoms with Crippen LogP contribution in [0.15, 0.2) is 24.4 Å². The van der Waals surface area contributed by atoms with E-state index in [2.05, 4.69) is 20.6 Å². The quantitative estimate of drug-likeness (QED) is 0.522. The Morgan fingerprint density at radius 2 is 1.97 bits per heavy atom. The summed E-state index contributed by atoms with van der Waals surface area (Å²) in [6, 6.07) is 5.06. The Labute approximate surface area is 181 Å². The summed E-state index contributed by atoms with van der Waals surface area (Å²) in [4.78, 5) is 34.5. The Morgan fingerprint density at radius 1 is 1.23 bits per heavy atom. The Morgan fingerprint density at radius 3 is 2.61 bits per heavy atom. The highest BCUT2D eigenvalue weighted by molar-refractivity contribution is 5.98. The van der Waals surface area contributed by atoms with Crippen LogP contribution < -0.4 is 26.8 Å². The molecule has 1 aliphatic rings. The minimum Gasteiger partial charge on any atom is -0.495 e. The summed E-state index contributed by atoms with van der Waals surface area (Å²) in [6.07, 6.45) is 5.55. The molecule has 1 saturated carbocycles. The van der Waals surface area contributed by atoms with Gasteiger partial charge in [0.15, 0.2) is 11.5 Å². The summed E-state index contributed by atoms with van der Waals surface area (Å²) in [5, 5.41) is 6.37. The molecule has 1 aromatic carbocycles. The molecule has 10 nitrogen and oxygen atoms in total. The van der Waals surface area contributed by atoms with Crippen molar-refractivity contribution in [2.75, 3.05) is 31.8 Å². The van der Waals surface area contributed by atoms with Crippen molar-refractivity contribution in [1.29, 1.82) is 0 Å². The number of amides is 2. The van der Waals surface area contributed by atoms with Crippen molar-refractivity contribution in [3.8, 4) is 5.75 Å². The van der Waals surface area contributed by atoms with Crippen molar-refractivity contribution in [3.63, 3.8) is 0 Å². The first kappa shape index (κ1) is 22.3. The van der Waals surface area contributed by atoms with Crippen LogP contribution in [0.5, 0.6) is 5.75 Å². The lowest BCUT2D eigenvalue weighted by Crippen LogP contribution is -2.42. The van der Waals surface area contributed by atoms with Gasteiger partial charge < -0.3 is 31.7 Å². The maximum atomic E-state index is 12.4. The lowest BCUT2D eigenvalue weighted by molar-refractivity contribution is 0.0827. The van der Waals surface area contributed by atoms with Crippen LogP contribution in [0.1, 0.15) is 46.5 Å². The highest BCUT2D eigenvalue weighted by Gasteiger charge is 2.23. The van der Waals surface area contributed by atoms with Gasteiger partial charge in [0.05, 0.1) is 19.0 Å². The van der Waals surface area contributed by atoms with E-state index in [9.17, 15) is 9.59 Å². The molecule has 2 amide bonds. The van der Waals surface area contributed by atoms with Gasteiger partial charge >= 0.3 is 0 Å². The molecular weight excluding hydrogens is 398 g/mol. The van der Waals surface area contributed by atoms with E-state index < -0.39 is 5.91 Å². The van der Waals surface area contributed by atoms with Gasteiger partial charge in [-0.05, 0) is 31.0 Å². The van der Waals surface area contributed by atoms with E-state index in [0.29, 0.717) is 22.8 Å². The molecule has 0 unspecified atom stereocenters. The number of methoxy groups -OCH3 is 1. The minimum atomic E-state index is -0.726. The molecule has 1 fully saturated rings. The molecule has 1 aromatic heterocycles.